The van der Waals surface area contributed by atoms with Crippen LogP contribution in [0.1, 0.15) is 50.9 Å². The van der Waals surface area contributed by atoms with Gasteiger partial charge in [0, 0.05) is 42.0 Å². The molecule has 3 heteroatoms. The van der Waals surface area contributed by atoms with E-state index in [1.54, 1.807) is 7.11 Å². The molecule has 3 nitrogen and oxygen atoms in total. The van der Waals surface area contributed by atoms with Crippen molar-refractivity contribution in [3.05, 3.63) is 35.7 Å². The second-order valence-corrected chi connectivity index (χ2v) is 6.01. The van der Waals surface area contributed by atoms with E-state index in [9.17, 15) is 0 Å². The quantitative estimate of drug-likeness (QED) is 0.787. The third-order valence-electron chi connectivity index (χ3n) is 4.78. The number of aryl methyl sites for hydroxylation is 1. The molecule has 1 unspecified atom stereocenters. The number of hydrogen-bond acceptors (Lipinski definition) is 2. The number of benzene rings is 1. The van der Waals surface area contributed by atoms with Crippen LogP contribution >= 0.6 is 0 Å². The Kier molecular flexibility index (Phi) is 4.14. The minimum Gasteiger partial charge on any atom is -0.497 e. The largest absolute Gasteiger partial charge is 0.497 e. The van der Waals surface area contributed by atoms with Crippen LogP contribution in [0.25, 0.3) is 17.0 Å². The van der Waals surface area contributed by atoms with Crippen LogP contribution in [-0.2, 0) is 6.54 Å². The summed E-state index contributed by atoms with van der Waals surface area (Å²) in [5.41, 5.74) is 4.12. The summed E-state index contributed by atoms with van der Waals surface area (Å²) in [6, 6.07) is 6.87. The highest BCUT2D eigenvalue weighted by atomic mass is 16.5. The summed E-state index contributed by atoms with van der Waals surface area (Å²) in [5.74, 6) is 0.934. The van der Waals surface area contributed by atoms with Crippen molar-refractivity contribution in [2.75, 3.05) is 13.7 Å². The van der Waals surface area contributed by atoms with Gasteiger partial charge in [-0.3, -0.25) is 0 Å². The van der Waals surface area contributed by atoms with Crippen LogP contribution in [0.4, 0.5) is 0 Å². The molecular formula is C19H26N2O. The molecule has 0 spiro atoms. The number of ether oxygens (including phenoxy) is 1. The number of fused-ring (bicyclic) bond motifs is 3. The fourth-order valence-electron chi connectivity index (χ4n) is 3.52. The minimum absolute atomic E-state index is 0.417. The van der Waals surface area contributed by atoms with Crippen molar-refractivity contribution in [1.29, 1.82) is 0 Å². The van der Waals surface area contributed by atoms with Crippen molar-refractivity contribution in [1.82, 2.24) is 9.47 Å². The Morgan fingerprint density at radius 1 is 1.23 bits per heavy atom. The average molecular weight is 298 g/mol. The Hall–Kier alpha value is -1.90. The molecule has 1 atom stereocenters. The molecule has 0 saturated carbocycles. The molecule has 0 N–H and O–H groups in total. The summed E-state index contributed by atoms with van der Waals surface area (Å²) in [6.07, 6.45) is 6.92. The molecule has 0 aliphatic carbocycles. The SMILES string of the molecule is CCCCn1c2c(c3ccc(OC)cc31)C=CN(CC)C2C. The first-order chi connectivity index (χ1) is 10.7. The Morgan fingerprint density at radius 3 is 2.73 bits per heavy atom. The molecule has 2 heterocycles. The Bertz CT molecular complexity index is 699. The summed E-state index contributed by atoms with van der Waals surface area (Å²) in [7, 11) is 1.74. The van der Waals surface area contributed by atoms with Gasteiger partial charge in [-0.2, -0.15) is 0 Å². The lowest BCUT2D eigenvalue weighted by atomic mass is 10.0. The van der Waals surface area contributed by atoms with Gasteiger partial charge in [-0.15, -0.1) is 0 Å². The third-order valence-corrected chi connectivity index (χ3v) is 4.78. The predicted octanol–water partition coefficient (Wildman–Crippen LogP) is 4.82. The van der Waals surface area contributed by atoms with E-state index in [2.05, 4.69) is 60.7 Å². The minimum atomic E-state index is 0.417. The number of aromatic nitrogens is 1. The van der Waals surface area contributed by atoms with E-state index in [0.717, 1.165) is 18.8 Å². The summed E-state index contributed by atoms with van der Waals surface area (Å²) in [5, 5.41) is 1.34. The molecule has 3 rings (SSSR count). The first kappa shape index (κ1) is 15.0. The lowest BCUT2D eigenvalue weighted by Crippen LogP contribution is -2.26. The molecule has 118 valence electrons. The first-order valence-electron chi connectivity index (χ1n) is 8.35. The Balaban J connectivity index is 2.22. The van der Waals surface area contributed by atoms with E-state index >= 15 is 0 Å². The second-order valence-electron chi connectivity index (χ2n) is 6.01. The standard InChI is InChI=1S/C19H26N2O/c1-5-7-11-21-18-13-15(22-4)8-9-16(18)17-10-12-20(6-2)14(3)19(17)21/h8-10,12-14H,5-7,11H2,1-4H3. The lowest BCUT2D eigenvalue weighted by Gasteiger charge is -2.31. The van der Waals surface area contributed by atoms with E-state index in [1.165, 1.54) is 35.0 Å². The molecule has 22 heavy (non-hydrogen) atoms. The number of hydrogen-bond donors (Lipinski definition) is 0. The Morgan fingerprint density at radius 2 is 2.05 bits per heavy atom. The number of nitrogens with zero attached hydrogens (tertiary/aromatic N) is 2. The monoisotopic (exact) mass is 298 g/mol. The van der Waals surface area contributed by atoms with Gasteiger partial charge in [-0.1, -0.05) is 13.3 Å². The number of unbranched alkanes of at least 4 members (excludes halogenated alkanes) is 1. The second kappa shape index (κ2) is 6.07. The van der Waals surface area contributed by atoms with Crippen LogP contribution in [0.3, 0.4) is 0 Å². The maximum absolute atomic E-state index is 5.44. The van der Waals surface area contributed by atoms with Crippen LogP contribution in [0, 0.1) is 0 Å². The lowest BCUT2D eigenvalue weighted by molar-refractivity contribution is 0.298. The van der Waals surface area contributed by atoms with Crippen LogP contribution < -0.4 is 4.74 Å². The van der Waals surface area contributed by atoms with Crippen molar-refractivity contribution in [2.45, 2.75) is 46.2 Å². The molecule has 0 fully saturated rings. The zero-order valence-electron chi connectivity index (χ0n) is 14.1. The van der Waals surface area contributed by atoms with Gasteiger partial charge < -0.3 is 14.2 Å². The van der Waals surface area contributed by atoms with E-state index in [0.29, 0.717) is 6.04 Å². The fourth-order valence-corrected chi connectivity index (χ4v) is 3.52. The van der Waals surface area contributed by atoms with Crippen LogP contribution in [0.15, 0.2) is 24.4 Å². The smallest absolute Gasteiger partial charge is 0.120 e. The molecule has 1 aliphatic rings. The average Bonchev–Trinajstić information content (AvgIpc) is 2.87. The molecule has 1 aromatic heterocycles. The molecule has 0 amide bonds. The third kappa shape index (κ3) is 2.29. The van der Waals surface area contributed by atoms with E-state index in [-0.39, 0.29) is 0 Å². The summed E-state index contributed by atoms with van der Waals surface area (Å²) in [6.45, 7) is 8.89. The molecule has 0 saturated heterocycles. The van der Waals surface area contributed by atoms with Gasteiger partial charge in [-0.25, -0.2) is 0 Å². The van der Waals surface area contributed by atoms with E-state index < -0.39 is 0 Å². The highest BCUT2D eigenvalue weighted by Gasteiger charge is 2.25. The van der Waals surface area contributed by atoms with E-state index in [4.69, 9.17) is 4.74 Å². The molecule has 2 aromatic rings. The van der Waals surface area contributed by atoms with Gasteiger partial charge in [0.15, 0.2) is 0 Å². The maximum Gasteiger partial charge on any atom is 0.120 e. The number of methoxy groups -OCH3 is 1. The first-order valence-corrected chi connectivity index (χ1v) is 8.35. The van der Waals surface area contributed by atoms with E-state index in [1.807, 2.05) is 0 Å². The Labute approximate surface area is 133 Å². The van der Waals surface area contributed by atoms with Crippen molar-refractivity contribution in [3.63, 3.8) is 0 Å². The van der Waals surface area contributed by atoms with Crippen LogP contribution in [-0.4, -0.2) is 23.1 Å². The molecule has 0 bridgehead atoms. The van der Waals surface area contributed by atoms with Crippen molar-refractivity contribution in [3.8, 4) is 5.75 Å². The summed E-state index contributed by atoms with van der Waals surface area (Å²) >= 11 is 0. The predicted molar refractivity (Wildman–Crippen MR) is 93.2 cm³/mol. The normalized spacial score (nSPS) is 17.1. The van der Waals surface area contributed by atoms with Gasteiger partial charge >= 0.3 is 0 Å². The highest BCUT2D eigenvalue weighted by molar-refractivity contribution is 5.93. The van der Waals surface area contributed by atoms with Crippen molar-refractivity contribution < 1.29 is 4.74 Å². The van der Waals surface area contributed by atoms with Crippen LogP contribution in [0.2, 0.25) is 0 Å². The van der Waals surface area contributed by atoms with Gasteiger partial charge in [0.2, 0.25) is 0 Å². The molecule has 1 aliphatic heterocycles. The fraction of sp³-hybridized carbons (Fsp3) is 0.474. The van der Waals surface area contributed by atoms with Gasteiger partial charge in [0.25, 0.3) is 0 Å². The van der Waals surface area contributed by atoms with Crippen LogP contribution in [0.5, 0.6) is 5.75 Å². The molecule has 1 aromatic carbocycles. The zero-order valence-corrected chi connectivity index (χ0v) is 14.1. The maximum atomic E-state index is 5.44. The highest BCUT2D eigenvalue weighted by Crippen LogP contribution is 2.38. The number of rotatable bonds is 5. The summed E-state index contributed by atoms with van der Waals surface area (Å²) < 4.78 is 7.95. The van der Waals surface area contributed by atoms with Gasteiger partial charge in [0.05, 0.1) is 18.7 Å². The van der Waals surface area contributed by atoms with Crippen molar-refractivity contribution >= 4 is 17.0 Å². The van der Waals surface area contributed by atoms with Gasteiger partial charge in [-0.05, 0) is 38.5 Å². The molecule has 0 radical (unpaired) electrons. The summed E-state index contributed by atoms with van der Waals surface area (Å²) in [4.78, 5) is 2.40. The molecular weight excluding hydrogens is 272 g/mol. The van der Waals surface area contributed by atoms with Crippen molar-refractivity contribution in [2.24, 2.45) is 0 Å². The van der Waals surface area contributed by atoms with Gasteiger partial charge in [0.1, 0.15) is 5.75 Å². The zero-order chi connectivity index (χ0) is 15.7. The topological polar surface area (TPSA) is 17.4 Å².